The number of hydrogen-bond acceptors (Lipinski definition) is 3. The third kappa shape index (κ3) is 3.32. The van der Waals surface area contributed by atoms with Crippen LogP contribution < -0.4 is 0 Å². The normalized spacial score (nSPS) is 9.76. The van der Waals surface area contributed by atoms with Gasteiger partial charge in [0.05, 0.1) is 24.7 Å². The summed E-state index contributed by atoms with van der Waals surface area (Å²) in [6, 6.07) is 5.92. The van der Waals surface area contributed by atoms with Gasteiger partial charge in [-0.15, -0.1) is 0 Å². The van der Waals surface area contributed by atoms with Gasteiger partial charge in [-0.3, -0.25) is 4.79 Å². The first kappa shape index (κ1) is 13.2. The van der Waals surface area contributed by atoms with Crippen LogP contribution in [-0.4, -0.2) is 12.6 Å². The van der Waals surface area contributed by atoms with Crippen LogP contribution in [0.4, 0.5) is 0 Å². The van der Waals surface area contributed by atoms with Gasteiger partial charge in [-0.2, -0.15) is 5.26 Å². The van der Waals surface area contributed by atoms with Crippen molar-refractivity contribution in [3.8, 4) is 6.07 Å². The summed E-state index contributed by atoms with van der Waals surface area (Å²) < 4.78 is 4.89. The van der Waals surface area contributed by atoms with E-state index in [4.69, 9.17) is 10.00 Å². The summed E-state index contributed by atoms with van der Waals surface area (Å²) in [7, 11) is 0. The topological polar surface area (TPSA) is 50.1 Å². The number of ether oxygens (including phenoxy) is 1. The molecule has 1 aromatic rings. The molecule has 0 aliphatic heterocycles. The van der Waals surface area contributed by atoms with E-state index in [2.05, 4.69) is 6.07 Å². The van der Waals surface area contributed by atoms with Crippen molar-refractivity contribution in [1.29, 1.82) is 5.26 Å². The zero-order valence-corrected chi connectivity index (χ0v) is 10.5. The van der Waals surface area contributed by atoms with Gasteiger partial charge >= 0.3 is 5.97 Å². The van der Waals surface area contributed by atoms with Gasteiger partial charge in [-0.1, -0.05) is 13.0 Å². The Morgan fingerprint density at radius 1 is 1.41 bits per heavy atom. The first-order chi connectivity index (χ1) is 8.12. The molecule has 0 radical (unpaired) electrons. The van der Waals surface area contributed by atoms with Crippen LogP contribution in [0.15, 0.2) is 12.1 Å². The van der Waals surface area contributed by atoms with Crippen molar-refractivity contribution in [2.75, 3.05) is 6.61 Å². The minimum atomic E-state index is -0.250. The molecule has 0 aromatic heterocycles. The molecule has 17 heavy (non-hydrogen) atoms. The largest absolute Gasteiger partial charge is 0.466 e. The average Bonchev–Trinajstić information content (AvgIpc) is 2.28. The van der Waals surface area contributed by atoms with Crippen LogP contribution in [0.25, 0.3) is 0 Å². The lowest BCUT2D eigenvalue weighted by molar-refractivity contribution is -0.142. The fraction of sp³-hybridized carbons (Fsp3) is 0.429. The van der Waals surface area contributed by atoms with E-state index in [0.29, 0.717) is 12.2 Å². The van der Waals surface area contributed by atoms with Crippen molar-refractivity contribution in [2.24, 2.45) is 0 Å². The summed E-state index contributed by atoms with van der Waals surface area (Å²) in [5, 5.41) is 9.07. The molecule has 0 heterocycles. The summed E-state index contributed by atoms with van der Waals surface area (Å²) in [6.07, 6.45) is 1.06. The molecular weight excluding hydrogens is 214 g/mol. The van der Waals surface area contributed by atoms with Crippen LogP contribution >= 0.6 is 0 Å². The van der Waals surface area contributed by atoms with Crippen molar-refractivity contribution >= 4 is 5.97 Å². The first-order valence-corrected chi connectivity index (χ1v) is 5.80. The fourth-order valence-electron chi connectivity index (χ4n) is 1.94. The highest BCUT2D eigenvalue weighted by Gasteiger charge is 2.09. The van der Waals surface area contributed by atoms with E-state index in [-0.39, 0.29) is 12.4 Å². The predicted molar refractivity (Wildman–Crippen MR) is 65.6 cm³/mol. The smallest absolute Gasteiger partial charge is 0.310 e. The molecule has 3 heteroatoms. The molecule has 0 amide bonds. The molecule has 0 atom stereocenters. The second-order valence-corrected chi connectivity index (χ2v) is 3.89. The first-order valence-electron chi connectivity index (χ1n) is 5.80. The minimum Gasteiger partial charge on any atom is -0.466 e. The standard InChI is InChI=1S/C14H17NO2/c1-4-13-10(3)6-11(7-12(13)9-15)8-14(16)17-5-2/h6-7H,4-5,8H2,1-3H3. The lowest BCUT2D eigenvalue weighted by atomic mass is 9.96. The number of benzene rings is 1. The van der Waals surface area contributed by atoms with E-state index >= 15 is 0 Å². The number of carbonyl (C=O) groups is 1. The van der Waals surface area contributed by atoms with Gasteiger partial charge in [0.2, 0.25) is 0 Å². The second-order valence-electron chi connectivity index (χ2n) is 3.89. The zero-order chi connectivity index (χ0) is 12.8. The van der Waals surface area contributed by atoms with Crippen molar-refractivity contribution < 1.29 is 9.53 Å². The van der Waals surface area contributed by atoms with Crippen LogP contribution in [0.2, 0.25) is 0 Å². The number of esters is 1. The summed E-state index contributed by atoms with van der Waals surface area (Å²) in [5.74, 6) is -0.250. The summed E-state index contributed by atoms with van der Waals surface area (Å²) in [6.45, 7) is 6.16. The van der Waals surface area contributed by atoms with Gasteiger partial charge in [0.1, 0.15) is 0 Å². The quantitative estimate of drug-likeness (QED) is 0.748. The van der Waals surface area contributed by atoms with E-state index in [0.717, 1.165) is 23.1 Å². The predicted octanol–water partition coefficient (Wildman–Crippen LogP) is 2.53. The molecule has 0 N–H and O–H groups in total. The minimum absolute atomic E-state index is 0.230. The number of aryl methyl sites for hydroxylation is 1. The third-order valence-corrected chi connectivity index (χ3v) is 2.66. The number of carbonyl (C=O) groups excluding carboxylic acids is 1. The Labute approximate surface area is 102 Å². The van der Waals surface area contributed by atoms with Crippen molar-refractivity contribution in [2.45, 2.75) is 33.6 Å². The Balaban J connectivity index is 3.00. The van der Waals surface area contributed by atoms with Gasteiger partial charge in [0.25, 0.3) is 0 Å². The molecule has 0 aliphatic rings. The molecule has 1 aromatic carbocycles. The van der Waals surface area contributed by atoms with Crippen molar-refractivity contribution in [3.05, 3.63) is 34.4 Å². The highest BCUT2D eigenvalue weighted by molar-refractivity contribution is 5.73. The number of nitriles is 1. The molecule has 0 saturated carbocycles. The zero-order valence-electron chi connectivity index (χ0n) is 10.5. The van der Waals surface area contributed by atoms with Gasteiger partial charge in [0.15, 0.2) is 0 Å². The Hall–Kier alpha value is -1.82. The number of rotatable bonds is 4. The Morgan fingerprint density at radius 2 is 2.12 bits per heavy atom. The molecule has 0 spiro atoms. The van der Waals surface area contributed by atoms with E-state index in [1.807, 2.05) is 19.9 Å². The maximum Gasteiger partial charge on any atom is 0.310 e. The maximum absolute atomic E-state index is 11.4. The molecule has 0 aliphatic carbocycles. The Kier molecular flexibility index (Phi) is 4.71. The molecule has 0 fully saturated rings. The van der Waals surface area contributed by atoms with Gasteiger partial charge in [-0.25, -0.2) is 0 Å². The van der Waals surface area contributed by atoms with Crippen molar-refractivity contribution in [1.82, 2.24) is 0 Å². The second kappa shape index (κ2) is 6.05. The molecule has 0 saturated heterocycles. The lowest BCUT2D eigenvalue weighted by Crippen LogP contribution is -2.08. The van der Waals surface area contributed by atoms with Gasteiger partial charge in [0, 0.05) is 0 Å². The number of nitrogens with zero attached hydrogens (tertiary/aromatic N) is 1. The van der Waals surface area contributed by atoms with Crippen molar-refractivity contribution in [3.63, 3.8) is 0 Å². The molecule has 0 bridgehead atoms. The van der Waals surface area contributed by atoms with Crippen LogP contribution in [0.1, 0.15) is 36.1 Å². The highest BCUT2D eigenvalue weighted by atomic mass is 16.5. The lowest BCUT2D eigenvalue weighted by Gasteiger charge is -2.09. The molecule has 1 rings (SSSR count). The van der Waals surface area contributed by atoms with Crippen LogP contribution in [0.3, 0.4) is 0 Å². The van der Waals surface area contributed by atoms with Crippen LogP contribution in [-0.2, 0) is 22.4 Å². The fourth-order valence-corrected chi connectivity index (χ4v) is 1.94. The van der Waals surface area contributed by atoms with E-state index in [1.165, 1.54) is 0 Å². The Morgan fingerprint density at radius 3 is 2.65 bits per heavy atom. The molecular formula is C14H17NO2. The average molecular weight is 231 g/mol. The van der Waals surface area contributed by atoms with Crippen LogP contribution in [0, 0.1) is 18.3 Å². The van der Waals surface area contributed by atoms with E-state index in [9.17, 15) is 4.79 Å². The SMILES string of the molecule is CCOC(=O)Cc1cc(C)c(CC)c(C#N)c1. The third-order valence-electron chi connectivity index (χ3n) is 2.66. The molecule has 90 valence electrons. The summed E-state index contributed by atoms with van der Waals surface area (Å²) in [5.41, 5.74) is 3.62. The van der Waals surface area contributed by atoms with Gasteiger partial charge < -0.3 is 4.74 Å². The van der Waals surface area contributed by atoms with E-state index < -0.39 is 0 Å². The van der Waals surface area contributed by atoms with Gasteiger partial charge in [-0.05, 0) is 43.0 Å². The number of hydrogen-bond donors (Lipinski definition) is 0. The summed E-state index contributed by atoms with van der Waals surface area (Å²) >= 11 is 0. The van der Waals surface area contributed by atoms with Crippen LogP contribution in [0.5, 0.6) is 0 Å². The summed E-state index contributed by atoms with van der Waals surface area (Å²) in [4.78, 5) is 11.4. The molecule has 0 unspecified atom stereocenters. The monoisotopic (exact) mass is 231 g/mol. The Bertz CT molecular complexity index is 458. The van der Waals surface area contributed by atoms with E-state index in [1.54, 1.807) is 13.0 Å². The highest BCUT2D eigenvalue weighted by Crippen LogP contribution is 2.18. The maximum atomic E-state index is 11.4. The molecule has 3 nitrogen and oxygen atoms in total.